The second-order valence-electron chi connectivity index (χ2n) is 3.53. The van der Waals surface area contributed by atoms with Gasteiger partial charge in [0.15, 0.2) is 0 Å². The van der Waals surface area contributed by atoms with Crippen LogP contribution in [0.5, 0.6) is 0 Å². The number of nitrogens with zero attached hydrogens (tertiary/aromatic N) is 2. The monoisotopic (exact) mass is 257 g/mol. The Morgan fingerprint density at radius 1 is 1.33 bits per heavy atom. The fourth-order valence-electron chi connectivity index (χ4n) is 1.65. The maximum atomic E-state index is 12.9. The minimum atomic E-state index is -4.47. The van der Waals surface area contributed by atoms with Gasteiger partial charge in [0.25, 0.3) is 0 Å². The molecule has 0 saturated carbocycles. The van der Waals surface area contributed by atoms with E-state index in [1.54, 1.807) is 0 Å². The second-order valence-corrected chi connectivity index (χ2v) is 3.53. The molecule has 4 N–H and O–H groups in total. The third-order valence-corrected chi connectivity index (χ3v) is 2.43. The normalized spacial score (nSPS) is 13.6. The number of hydrogen-bond acceptors (Lipinski definition) is 4. The lowest BCUT2D eigenvalue weighted by molar-refractivity contribution is -0.138. The number of pyridine rings is 1. The smallest absolute Gasteiger partial charge is 0.347 e. The summed E-state index contributed by atoms with van der Waals surface area (Å²) in [6.45, 7) is 0. The number of rotatable bonds is 3. The summed E-state index contributed by atoms with van der Waals surface area (Å²) in [5.41, 5.74) is 1.42. The number of imidazole rings is 1. The van der Waals surface area contributed by atoms with Crippen molar-refractivity contribution >= 4 is 0 Å². The van der Waals surface area contributed by atoms with Gasteiger partial charge in [0.1, 0.15) is 11.9 Å². The van der Waals surface area contributed by atoms with Crippen molar-refractivity contribution in [2.75, 3.05) is 0 Å². The molecule has 0 aromatic carbocycles. The predicted molar refractivity (Wildman–Crippen MR) is 57.0 cm³/mol. The van der Waals surface area contributed by atoms with E-state index in [1.807, 2.05) is 0 Å². The first-order valence-corrected chi connectivity index (χ1v) is 5.00. The first-order chi connectivity index (χ1) is 8.54. The van der Waals surface area contributed by atoms with Crippen molar-refractivity contribution in [3.8, 4) is 0 Å². The van der Waals surface area contributed by atoms with Crippen LogP contribution in [0.25, 0.3) is 0 Å². The highest BCUT2D eigenvalue weighted by atomic mass is 19.4. The van der Waals surface area contributed by atoms with E-state index in [9.17, 15) is 13.2 Å². The second kappa shape index (κ2) is 4.75. The Bertz CT molecular complexity index is 508. The van der Waals surface area contributed by atoms with Crippen molar-refractivity contribution in [2.45, 2.75) is 12.2 Å². The molecule has 96 valence electrons. The van der Waals surface area contributed by atoms with Gasteiger partial charge >= 0.3 is 6.18 Å². The number of aromatic nitrogens is 3. The summed E-state index contributed by atoms with van der Waals surface area (Å²) in [6, 6.07) is 0.00752. The molecule has 0 bridgehead atoms. The summed E-state index contributed by atoms with van der Waals surface area (Å²) in [4.78, 5) is 10.3. The van der Waals surface area contributed by atoms with Crippen molar-refractivity contribution in [3.05, 3.63) is 47.8 Å². The molecule has 2 rings (SSSR count). The fraction of sp³-hybridized carbons (Fsp3) is 0.200. The van der Waals surface area contributed by atoms with E-state index in [-0.39, 0.29) is 11.4 Å². The first-order valence-electron chi connectivity index (χ1n) is 5.00. The Balaban J connectivity index is 2.50. The quantitative estimate of drug-likeness (QED) is 0.573. The van der Waals surface area contributed by atoms with Crippen molar-refractivity contribution in [2.24, 2.45) is 5.84 Å². The summed E-state index contributed by atoms with van der Waals surface area (Å²) in [6.07, 6.45) is 0.671. The molecule has 18 heavy (non-hydrogen) atoms. The molecular weight excluding hydrogens is 247 g/mol. The molecule has 2 aromatic rings. The van der Waals surface area contributed by atoms with Gasteiger partial charge in [-0.25, -0.2) is 10.4 Å². The van der Waals surface area contributed by atoms with E-state index in [0.717, 1.165) is 18.5 Å². The zero-order chi connectivity index (χ0) is 13.2. The fourth-order valence-corrected chi connectivity index (χ4v) is 1.65. The minimum absolute atomic E-state index is 0.0811. The molecular formula is C10H10F3N5. The van der Waals surface area contributed by atoms with Crippen molar-refractivity contribution in [3.63, 3.8) is 0 Å². The van der Waals surface area contributed by atoms with Crippen LogP contribution in [0.15, 0.2) is 30.9 Å². The van der Waals surface area contributed by atoms with Crippen molar-refractivity contribution in [1.82, 2.24) is 20.4 Å². The summed E-state index contributed by atoms with van der Waals surface area (Å²) < 4.78 is 38.6. The molecule has 2 aromatic heterocycles. The molecule has 0 spiro atoms. The average Bonchev–Trinajstić information content (AvgIpc) is 2.83. The molecule has 5 nitrogen and oxygen atoms in total. The zero-order valence-corrected chi connectivity index (χ0v) is 9.07. The molecule has 0 aliphatic rings. The Labute approximate surface area is 100 Å². The maximum absolute atomic E-state index is 12.9. The van der Waals surface area contributed by atoms with Crippen molar-refractivity contribution in [1.29, 1.82) is 0 Å². The molecule has 0 saturated heterocycles. The standard InChI is InChI=1S/C10H10F3N5/c11-10(12,13)7-1-2-15-5-6(7)8(18-14)9-16-3-4-17-9/h1-5,8,18H,14H2,(H,16,17). The van der Waals surface area contributed by atoms with Crippen LogP contribution in [-0.4, -0.2) is 15.0 Å². The summed E-state index contributed by atoms with van der Waals surface area (Å²) in [5.74, 6) is 5.59. The van der Waals surface area contributed by atoms with Crippen molar-refractivity contribution < 1.29 is 13.2 Å². The summed E-state index contributed by atoms with van der Waals surface area (Å²) >= 11 is 0. The Kier molecular flexibility index (Phi) is 3.30. The molecule has 0 aliphatic carbocycles. The molecule has 0 aliphatic heterocycles. The topological polar surface area (TPSA) is 79.6 Å². The number of alkyl halides is 3. The number of hydrogen-bond donors (Lipinski definition) is 3. The van der Waals surface area contributed by atoms with Crippen LogP contribution in [-0.2, 0) is 6.18 Å². The molecule has 0 amide bonds. The van der Waals surface area contributed by atoms with Gasteiger partial charge in [0.05, 0.1) is 5.56 Å². The maximum Gasteiger partial charge on any atom is 0.416 e. The van der Waals surface area contributed by atoms with Crippen LogP contribution in [0.2, 0.25) is 0 Å². The largest absolute Gasteiger partial charge is 0.416 e. The van der Waals surface area contributed by atoms with Crippen LogP contribution >= 0.6 is 0 Å². The highest BCUT2D eigenvalue weighted by Gasteiger charge is 2.35. The van der Waals surface area contributed by atoms with Crippen LogP contribution in [0, 0.1) is 0 Å². The number of nitrogens with two attached hydrogens (primary N) is 1. The van der Waals surface area contributed by atoms with Crippen LogP contribution in [0.4, 0.5) is 13.2 Å². The first kappa shape index (κ1) is 12.5. The molecule has 2 heterocycles. The Morgan fingerprint density at radius 2 is 2.11 bits per heavy atom. The van der Waals surface area contributed by atoms with Gasteiger partial charge in [0.2, 0.25) is 0 Å². The van der Waals surface area contributed by atoms with E-state index in [1.165, 1.54) is 12.4 Å². The minimum Gasteiger partial charge on any atom is -0.347 e. The van der Waals surface area contributed by atoms with E-state index in [4.69, 9.17) is 5.84 Å². The molecule has 0 radical (unpaired) electrons. The number of aromatic amines is 1. The molecule has 1 unspecified atom stereocenters. The number of halogens is 3. The average molecular weight is 257 g/mol. The Morgan fingerprint density at radius 3 is 2.67 bits per heavy atom. The van der Waals surface area contributed by atoms with E-state index < -0.39 is 17.8 Å². The predicted octanol–water partition coefficient (Wildman–Crippen LogP) is 1.38. The Hall–Kier alpha value is -1.93. The highest BCUT2D eigenvalue weighted by molar-refractivity contribution is 5.32. The molecule has 1 atom stereocenters. The summed E-state index contributed by atoms with van der Waals surface area (Å²) in [7, 11) is 0. The van der Waals surface area contributed by atoms with Gasteiger partial charge in [-0.2, -0.15) is 13.2 Å². The highest BCUT2D eigenvalue weighted by Crippen LogP contribution is 2.34. The van der Waals surface area contributed by atoms with Gasteiger partial charge in [-0.1, -0.05) is 0 Å². The van der Waals surface area contributed by atoms with Gasteiger partial charge < -0.3 is 4.98 Å². The number of H-pyrrole nitrogens is 1. The third kappa shape index (κ3) is 2.34. The van der Waals surface area contributed by atoms with Gasteiger partial charge in [-0.05, 0) is 6.07 Å². The molecule has 8 heteroatoms. The number of nitrogens with one attached hydrogen (secondary N) is 2. The van der Waals surface area contributed by atoms with Crippen LogP contribution in [0.1, 0.15) is 23.0 Å². The number of hydrazine groups is 1. The van der Waals surface area contributed by atoms with Gasteiger partial charge in [0, 0.05) is 30.4 Å². The van der Waals surface area contributed by atoms with Gasteiger partial charge in [-0.3, -0.25) is 10.8 Å². The van der Waals surface area contributed by atoms with E-state index in [0.29, 0.717) is 0 Å². The zero-order valence-electron chi connectivity index (χ0n) is 9.07. The molecule has 0 fully saturated rings. The SMILES string of the molecule is NNC(c1ncc[nH]1)c1cnccc1C(F)(F)F. The van der Waals surface area contributed by atoms with Crippen LogP contribution < -0.4 is 11.3 Å². The lowest BCUT2D eigenvalue weighted by Crippen LogP contribution is -2.31. The third-order valence-electron chi connectivity index (χ3n) is 2.43. The van der Waals surface area contributed by atoms with Gasteiger partial charge in [-0.15, -0.1) is 0 Å². The summed E-state index contributed by atoms with van der Waals surface area (Å²) in [5, 5.41) is 0. The lowest BCUT2D eigenvalue weighted by atomic mass is 10.0. The van der Waals surface area contributed by atoms with E-state index >= 15 is 0 Å². The van der Waals surface area contributed by atoms with E-state index in [2.05, 4.69) is 20.4 Å². The van der Waals surface area contributed by atoms with Crippen LogP contribution in [0.3, 0.4) is 0 Å². The lowest BCUT2D eigenvalue weighted by Gasteiger charge is -2.18.